The number of aromatic nitrogens is 1. The smallest absolute Gasteiger partial charge is 0.276 e. The van der Waals surface area contributed by atoms with Crippen molar-refractivity contribution in [2.24, 2.45) is 0 Å². The van der Waals surface area contributed by atoms with Crippen LogP contribution < -0.4 is 9.47 Å². The minimum Gasteiger partial charge on any atom is -0.496 e. The average Bonchev–Trinajstić information content (AvgIpc) is 2.98. The summed E-state index contributed by atoms with van der Waals surface area (Å²) in [5.41, 5.74) is 0.688. The van der Waals surface area contributed by atoms with Crippen molar-refractivity contribution in [3.63, 3.8) is 0 Å². The largest absolute Gasteiger partial charge is 0.496 e. The second-order valence-corrected chi connectivity index (χ2v) is 6.30. The van der Waals surface area contributed by atoms with Crippen molar-refractivity contribution in [3.8, 4) is 11.5 Å². The number of carbonyl (C=O) groups excluding carboxylic acids is 2. The van der Waals surface area contributed by atoms with Gasteiger partial charge in [0.05, 0.1) is 14.2 Å². The van der Waals surface area contributed by atoms with E-state index in [2.05, 4.69) is 5.16 Å². The molecule has 27 heavy (non-hydrogen) atoms. The third-order valence-corrected chi connectivity index (χ3v) is 4.56. The van der Waals surface area contributed by atoms with Crippen LogP contribution in [0.3, 0.4) is 0 Å². The van der Waals surface area contributed by atoms with Crippen molar-refractivity contribution >= 4 is 11.8 Å². The number of aryl methyl sites for hydroxylation is 1. The first kappa shape index (κ1) is 18.8. The Kier molecular flexibility index (Phi) is 5.63. The van der Waals surface area contributed by atoms with Crippen molar-refractivity contribution in [2.45, 2.75) is 13.3 Å². The highest BCUT2D eigenvalue weighted by Crippen LogP contribution is 2.30. The summed E-state index contributed by atoms with van der Waals surface area (Å²) in [5.74, 6) is 1.17. The van der Waals surface area contributed by atoms with Crippen LogP contribution in [0.25, 0.3) is 0 Å². The van der Waals surface area contributed by atoms with Gasteiger partial charge in [0.15, 0.2) is 5.69 Å². The monoisotopic (exact) mass is 373 g/mol. The van der Waals surface area contributed by atoms with Crippen LogP contribution in [-0.4, -0.2) is 67.2 Å². The number of benzene rings is 1. The molecule has 3 rings (SSSR count). The minimum absolute atomic E-state index is 0.170. The molecule has 0 atom stereocenters. The molecule has 8 heteroatoms. The highest BCUT2D eigenvalue weighted by atomic mass is 16.5. The number of hydrogen-bond donors (Lipinski definition) is 0. The van der Waals surface area contributed by atoms with Crippen molar-refractivity contribution in [3.05, 3.63) is 41.3 Å². The van der Waals surface area contributed by atoms with Gasteiger partial charge in [0.25, 0.3) is 11.8 Å². The molecule has 2 amide bonds. The molecule has 0 unspecified atom stereocenters. The lowest BCUT2D eigenvalue weighted by molar-refractivity contribution is 0.0709. The van der Waals surface area contributed by atoms with Crippen LogP contribution in [0.5, 0.6) is 11.5 Å². The van der Waals surface area contributed by atoms with Crippen LogP contribution in [-0.2, 0) is 0 Å². The van der Waals surface area contributed by atoms with Gasteiger partial charge >= 0.3 is 0 Å². The molecule has 2 heterocycles. The Morgan fingerprint density at radius 3 is 2.11 bits per heavy atom. The fraction of sp³-hybridized carbons (Fsp3) is 0.421. The fourth-order valence-corrected chi connectivity index (χ4v) is 3.17. The topological polar surface area (TPSA) is 85.1 Å². The van der Waals surface area contributed by atoms with E-state index in [1.54, 1.807) is 41.0 Å². The summed E-state index contributed by atoms with van der Waals surface area (Å²) in [6.45, 7) is 3.68. The van der Waals surface area contributed by atoms with E-state index in [0.717, 1.165) is 0 Å². The van der Waals surface area contributed by atoms with Gasteiger partial charge in [-0.05, 0) is 25.5 Å². The van der Waals surface area contributed by atoms with Gasteiger partial charge < -0.3 is 23.8 Å². The normalized spacial score (nSPS) is 14.6. The predicted molar refractivity (Wildman–Crippen MR) is 97.2 cm³/mol. The maximum Gasteiger partial charge on any atom is 0.276 e. The predicted octanol–water partition coefficient (Wildman–Crippen LogP) is 1.99. The number of amides is 2. The van der Waals surface area contributed by atoms with E-state index in [4.69, 9.17) is 14.0 Å². The molecule has 144 valence electrons. The number of rotatable bonds is 4. The van der Waals surface area contributed by atoms with E-state index in [0.29, 0.717) is 61.1 Å². The zero-order chi connectivity index (χ0) is 19.4. The summed E-state index contributed by atoms with van der Waals surface area (Å²) in [5, 5.41) is 3.79. The molecule has 0 aliphatic carbocycles. The molecule has 1 aliphatic heterocycles. The van der Waals surface area contributed by atoms with Crippen molar-refractivity contribution in [2.75, 3.05) is 40.4 Å². The van der Waals surface area contributed by atoms with E-state index in [1.807, 2.05) is 0 Å². The van der Waals surface area contributed by atoms with Crippen LogP contribution in [0.4, 0.5) is 0 Å². The third-order valence-electron chi connectivity index (χ3n) is 4.56. The Morgan fingerprint density at radius 2 is 1.59 bits per heavy atom. The molecule has 2 aromatic rings. The van der Waals surface area contributed by atoms with Crippen LogP contribution in [0.1, 0.15) is 33.0 Å². The Morgan fingerprint density at radius 1 is 1.00 bits per heavy atom. The first-order valence-corrected chi connectivity index (χ1v) is 8.78. The Bertz CT molecular complexity index is 810. The van der Waals surface area contributed by atoms with Crippen LogP contribution in [0.15, 0.2) is 28.8 Å². The third kappa shape index (κ3) is 3.89. The minimum atomic E-state index is -0.184. The van der Waals surface area contributed by atoms with Crippen molar-refractivity contribution in [1.82, 2.24) is 15.0 Å². The Labute approximate surface area is 157 Å². The van der Waals surface area contributed by atoms with Gasteiger partial charge in [-0.1, -0.05) is 11.2 Å². The standard InChI is InChI=1S/C19H23N3O5/c1-13-12-14(20-27-13)18(23)21-8-5-9-22(11-10-21)19(24)17-15(25-2)6-4-7-16(17)26-3/h4,6-7,12H,5,8-11H2,1-3H3. The van der Waals surface area contributed by atoms with E-state index in [-0.39, 0.29) is 11.8 Å². The van der Waals surface area contributed by atoms with E-state index < -0.39 is 0 Å². The number of methoxy groups -OCH3 is 2. The van der Waals surface area contributed by atoms with Gasteiger partial charge in [-0.2, -0.15) is 0 Å². The summed E-state index contributed by atoms with van der Waals surface area (Å²) in [6.07, 6.45) is 0.672. The molecule has 0 bridgehead atoms. The lowest BCUT2D eigenvalue weighted by Gasteiger charge is -2.23. The summed E-state index contributed by atoms with van der Waals surface area (Å²) in [4.78, 5) is 29.1. The summed E-state index contributed by atoms with van der Waals surface area (Å²) in [7, 11) is 3.04. The zero-order valence-electron chi connectivity index (χ0n) is 15.7. The van der Waals surface area contributed by atoms with Crippen LogP contribution >= 0.6 is 0 Å². The van der Waals surface area contributed by atoms with E-state index >= 15 is 0 Å². The molecule has 1 saturated heterocycles. The van der Waals surface area contributed by atoms with Gasteiger partial charge in [-0.25, -0.2) is 0 Å². The van der Waals surface area contributed by atoms with Crippen LogP contribution in [0.2, 0.25) is 0 Å². The Hall–Kier alpha value is -3.03. The molecule has 1 aliphatic rings. The van der Waals surface area contributed by atoms with Crippen molar-refractivity contribution in [1.29, 1.82) is 0 Å². The molecule has 8 nitrogen and oxygen atoms in total. The number of ether oxygens (including phenoxy) is 2. The SMILES string of the molecule is COc1cccc(OC)c1C(=O)N1CCCN(C(=O)c2cc(C)on2)CC1. The zero-order valence-corrected chi connectivity index (χ0v) is 15.7. The molecular formula is C19H23N3O5. The number of carbonyl (C=O) groups is 2. The lowest BCUT2D eigenvalue weighted by atomic mass is 10.1. The quantitative estimate of drug-likeness (QED) is 0.815. The molecule has 0 N–H and O–H groups in total. The van der Waals surface area contributed by atoms with Gasteiger partial charge in [-0.3, -0.25) is 9.59 Å². The van der Waals surface area contributed by atoms with Gasteiger partial charge in [-0.15, -0.1) is 0 Å². The molecular weight excluding hydrogens is 350 g/mol. The first-order valence-electron chi connectivity index (χ1n) is 8.78. The summed E-state index contributed by atoms with van der Waals surface area (Å²) < 4.78 is 15.7. The maximum atomic E-state index is 13.1. The number of hydrogen-bond acceptors (Lipinski definition) is 6. The lowest BCUT2D eigenvalue weighted by Crippen LogP contribution is -2.37. The summed E-state index contributed by atoms with van der Waals surface area (Å²) in [6, 6.07) is 6.86. The van der Waals surface area contributed by atoms with Gasteiger partial charge in [0, 0.05) is 32.2 Å². The number of nitrogens with zero attached hydrogens (tertiary/aromatic N) is 3. The molecule has 1 aromatic carbocycles. The highest BCUT2D eigenvalue weighted by Gasteiger charge is 2.28. The molecule has 0 saturated carbocycles. The van der Waals surface area contributed by atoms with Gasteiger partial charge in [0.2, 0.25) is 0 Å². The van der Waals surface area contributed by atoms with E-state index in [1.165, 1.54) is 14.2 Å². The maximum absolute atomic E-state index is 13.1. The summed E-state index contributed by atoms with van der Waals surface area (Å²) >= 11 is 0. The molecule has 0 radical (unpaired) electrons. The van der Waals surface area contributed by atoms with E-state index in [9.17, 15) is 9.59 Å². The second-order valence-electron chi connectivity index (χ2n) is 6.30. The van der Waals surface area contributed by atoms with Gasteiger partial charge in [0.1, 0.15) is 22.8 Å². The molecule has 1 fully saturated rings. The van der Waals surface area contributed by atoms with Crippen LogP contribution in [0, 0.1) is 6.92 Å². The van der Waals surface area contributed by atoms with Crippen molar-refractivity contribution < 1.29 is 23.6 Å². The molecule has 0 spiro atoms. The highest BCUT2D eigenvalue weighted by molar-refractivity contribution is 6.00. The molecule has 1 aromatic heterocycles. The average molecular weight is 373 g/mol. The second kappa shape index (κ2) is 8.11. The Balaban J connectivity index is 1.75. The first-order chi connectivity index (χ1) is 13.0. The fourth-order valence-electron chi connectivity index (χ4n) is 3.17.